The van der Waals surface area contributed by atoms with Crippen LogP contribution in [-0.4, -0.2) is 4.98 Å². The number of hydrogen-bond donors (Lipinski definition) is 1. The first kappa shape index (κ1) is 10.4. The third-order valence-electron chi connectivity index (χ3n) is 1.25. The van der Waals surface area contributed by atoms with Gasteiger partial charge in [-0.05, 0) is 18.6 Å². The Balaban J connectivity index is 0.000000561. The van der Waals surface area contributed by atoms with E-state index in [4.69, 9.17) is 11.0 Å². The second-order valence-corrected chi connectivity index (χ2v) is 2.04. The number of aryl methyl sites for hydroxylation is 1. The molecule has 0 atom stereocenters. The predicted octanol–water partition coefficient (Wildman–Crippen LogP) is 1.87. The van der Waals surface area contributed by atoms with E-state index in [1.807, 2.05) is 26.8 Å². The summed E-state index contributed by atoms with van der Waals surface area (Å²) in [7, 11) is 0. The van der Waals surface area contributed by atoms with Gasteiger partial charge in [-0.15, -0.1) is 0 Å². The first-order valence-electron chi connectivity index (χ1n) is 3.86. The van der Waals surface area contributed by atoms with E-state index in [1.54, 1.807) is 6.07 Å². The van der Waals surface area contributed by atoms with Gasteiger partial charge in [-0.25, -0.2) is 4.98 Å². The minimum Gasteiger partial charge on any atom is -0.384 e. The van der Waals surface area contributed by atoms with E-state index < -0.39 is 0 Å². The summed E-state index contributed by atoms with van der Waals surface area (Å²) in [5.74, 6) is 0.455. The van der Waals surface area contributed by atoms with E-state index in [0.29, 0.717) is 11.4 Å². The van der Waals surface area contributed by atoms with Crippen LogP contribution in [0.1, 0.15) is 25.0 Å². The zero-order valence-electron chi connectivity index (χ0n) is 7.63. The van der Waals surface area contributed by atoms with Gasteiger partial charge in [0.05, 0.1) is 5.56 Å². The van der Waals surface area contributed by atoms with Crippen LogP contribution in [0.5, 0.6) is 0 Å². The number of rotatable bonds is 0. The van der Waals surface area contributed by atoms with Crippen molar-refractivity contribution in [2.24, 2.45) is 0 Å². The molecule has 1 rings (SSSR count). The molecule has 0 amide bonds. The monoisotopic (exact) mass is 163 g/mol. The lowest BCUT2D eigenvalue weighted by atomic mass is 10.2. The highest BCUT2D eigenvalue weighted by molar-refractivity contribution is 5.41. The van der Waals surface area contributed by atoms with Crippen LogP contribution in [0.3, 0.4) is 0 Å². The fraction of sp³-hybridized carbons (Fsp3) is 0.333. The van der Waals surface area contributed by atoms with Gasteiger partial charge in [0, 0.05) is 6.20 Å². The fourth-order valence-corrected chi connectivity index (χ4v) is 0.695. The molecule has 0 saturated heterocycles. The largest absolute Gasteiger partial charge is 0.384 e. The molecule has 64 valence electrons. The Kier molecular flexibility index (Phi) is 4.47. The Hall–Kier alpha value is -1.56. The maximum atomic E-state index is 8.48. The summed E-state index contributed by atoms with van der Waals surface area (Å²) in [5, 5.41) is 8.48. The Morgan fingerprint density at radius 3 is 2.50 bits per heavy atom. The topological polar surface area (TPSA) is 62.7 Å². The lowest BCUT2D eigenvalue weighted by Crippen LogP contribution is -1.92. The molecule has 0 aromatic carbocycles. The Labute approximate surface area is 72.8 Å². The van der Waals surface area contributed by atoms with E-state index in [2.05, 4.69) is 4.98 Å². The molecule has 0 bridgehead atoms. The quantitative estimate of drug-likeness (QED) is 0.635. The van der Waals surface area contributed by atoms with Crippen LogP contribution in [0.25, 0.3) is 0 Å². The number of hydrogen-bond acceptors (Lipinski definition) is 3. The van der Waals surface area contributed by atoms with Crippen molar-refractivity contribution in [1.82, 2.24) is 4.98 Å². The number of nitriles is 1. The van der Waals surface area contributed by atoms with Gasteiger partial charge in [0.1, 0.15) is 11.9 Å². The van der Waals surface area contributed by atoms with Gasteiger partial charge < -0.3 is 5.73 Å². The normalized spacial score (nSPS) is 7.83. The Morgan fingerprint density at radius 2 is 2.08 bits per heavy atom. The molecule has 2 N–H and O–H groups in total. The molecule has 1 aromatic heterocycles. The third-order valence-corrected chi connectivity index (χ3v) is 1.25. The van der Waals surface area contributed by atoms with Crippen molar-refractivity contribution in [3.63, 3.8) is 0 Å². The SMILES string of the molecule is CC.Cc1cc(N)ncc1C#N. The highest BCUT2D eigenvalue weighted by Gasteiger charge is 1.95. The lowest BCUT2D eigenvalue weighted by Gasteiger charge is -1.95. The molecule has 0 unspecified atom stereocenters. The third kappa shape index (κ3) is 2.59. The van der Waals surface area contributed by atoms with Crippen LogP contribution in [0.2, 0.25) is 0 Å². The summed E-state index contributed by atoms with van der Waals surface area (Å²) in [6, 6.07) is 3.68. The number of aromatic nitrogens is 1. The van der Waals surface area contributed by atoms with E-state index >= 15 is 0 Å². The maximum absolute atomic E-state index is 8.48. The zero-order chi connectivity index (χ0) is 9.56. The van der Waals surface area contributed by atoms with Crippen LogP contribution in [0.4, 0.5) is 5.82 Å². The Morgan fingerprint density at radius 1 is 1.50 bits per heavy atom. The van der Waals surface area contributed by atoms with E-state index in [9.17, 15) is 0 Å². The number of anilines is 1. The molecule has 0 saturated carbocycles. The van der Waals surface area contributed by atoms with Crippen molar-refractivity contribution < 1.29 is 0 Å². The number of nitrogens with zero attached hydrogens (tertiary/aromatic N) is 2. The zero-order valence-corrected chi connectivity index (χ0v) is 7.63. The van der Waals surface area contributed by atoms with Gasteiger partial charge in [0.15, 0.2) is 0 Å². The molecule has 12 heavy (non-hydrogen) atoms. The summed E-state index contributed by atoms with van der Waals surface area (Å²) < 4.78 is 0. The minimum atomic E-state index is 0.455. The average molecular weight is 163 g/mol. The highest BCUT2D eigenvalue weighted by atomic mass is 14.8. The first-order valence-corrected chi connectivity index (χ1v) is 3.86. The predicted molar refractivity (Wildman–Crippen MR) is 49.4 cm³/mol. The molecule has 3 heteroatoms. The second-order valence-electron chi connectivity index (χ2n) is 2.04. The molecule has 0 spiro atoms. The van der Waals surface area contributed by atoms with Gasteiger partial charge in [-0.3, -0.25) is 0 Å². The molecule has 0 aliphatic rings. The van der Waals surface area contributed by atoms with Gasteiger partial charge >= 0.3 is 0 Å². The maximum Gasteiger partial charge on any atom is 0.123 e. The van der Waals surface area contributed by atoms with Crippen molar-refractivity contribution in [2.45, 2.75) is 20.8 Å². The van der Waals surface area contributed by atoms with Gasteiger partial charge in [0.2, 0.25) is 0 Å². The molecule has 1 heterocycles. The second kappa shape index (κ2) is 5.14. The minimum absolute atomic E-state index is 0.455. The standard InChI is InChI=1S/C7H7N3.C2H6/c1-5-2-7(9)10-4-6(5)3-8;1-2/h2,4H,1H3,(H2,9,10);1-2H3. The molecule has 3 nitrogen and oxygen atoms in total. The van der Waals surface area contributed by atoms with E-state index in [1.165, 1.54) is 6.20 Å². The molecule has 0 radical (unpaired) electrons. The van der Waals surface area contributed by atoms with Gasteiger partial charge in [-0.1, -0.05) is 13.8 Å². The van der Waals surface area contributed by atoms with E-state index in [-0.39, 0.29) is 0 Å². The van der Waals surface area contributed by atoms with Crippen molar-refractivity contribution in [3.8, 4) is 6.07 Å². The van der Waals surface area contributed by atoms with Crippen LogP contribution >= 0.6 is 0 Å². The molecular formula is C9H13N3. The lowest BCUT2D eigenvalue weighted by molar-refractivity contribution is 1.26. The molecule has 0 aliphatic carbocycles. The van der Waals surface area contributed by atoms with Gasteiger partial charge in [-0.2, -0.15) is 5.26 Å². The van der Waals surface area contributed by atoms with Crippen molar-refractivity contribution in [2.75, 3.05) is 5.73 Å². The summed E-state index contributed by atoms with van der Waals surface area (Å²) in [6.07, 6.45) is 1.48. The highest BCUT2D eigenvalue weighted by Crippen LogP contribution is 2.06. The summed E-state index contributed by atoms with van der Waals surface area (Å²) >= 11 is 0. The van der Waals surface area contributed by atoms with Crippen LogP contribution in [0, 0.1) is 18.3 Å². The van der Waals surface area contributed by atoms with Crippen molar-refractivity contribution in [1.29, 1.82) is 5.26 Å². The number of nitrogens with two attached hydrogens (primary N) is 1. The molecule has 0 aliphatic heterocycles. The van der Waals surface area contributed by atoms with Crippen LogP contribution in [-0.2, 0) is 0 Å². The van der Waals surface area contributed by atoms with Gasteiger partial charge in [0.25, 0.3) is 0 Å². The molecule has 0 fully saturated rings. The number of nitrogen functional groups attached to an aromatic ring is 1. The Bertz CT molecular complexity index is 286. The molecule has 1 aromatic rings. The van der Waals surface area contributed by atoms with Crippen molar-refractivity contribution >= 4 is 5.82 Å². The summed E-state index contributed by atoms with van der Waals surface area (Å²) in [4.78, 5) is 3.77. The summed E-state index contributed by atoms with van der Waals surface area (Å²) in [6.45, 7) is 5.83. The smallest absolute Gasteiger partial charge is 0.123 e. The fourth-order valence-electron chi connectivity index (χ4n) is 0.695. The molecular weight excluding hydrogens is 150 g/mol. The summed E-state index contributed by atoms with van der Waals surface area (Å²) in [5.41, 5.74) is 6.81. The van der Waals surface area contributed by atoms with Crippen LogP contribution in [0.15, 0.2) is 12.3 Å². The first-order chi connectivity index (χ1) is 5.74. The van der Waals surface area contributed by atoms with E-state index in [0.717, 1.165) is 5.56 Å². The number of pyridine rings is 1. The van der Waals surface area contributed by atoms with Crippen molar-refractivity contribution in [3.05, 3.63) is 23.4 Å². The average Bonchev–Trinajstić information content (AvgIpc) is 2.08. The van der Waals surface area contributed by atoms with Crippen LogP contribution < -0.4 is 5.73 Å².